The minimum Gasteiger partial charge on any atom is -0.431 e. The molecule has 0 aromatic carbocycles. The van der Waals surface area contributed by atoms with E-state index in [1.54, 1.807) is 22.9 Å². The van der Waals surface area contributed by atoms with Crippen LogP contribution in [0.5, 0.6) is 0 Å². The van der Waals surface area contributed by atoms with Gasteiger partial charge in [0.15, 0.2) is 0 Å². The number of thiol groups is 1. The molecule has 0 atom stereocenters. The quantitative estimate of drug-likeness (QED) is 0.310. The van der Waals surface area contributed by atoms with E-state index in [0.29, 0.717) is 17.6 Å². The Labute approximate surface area is 80.3 Å². The first-order valence-electron chi connectivity index (χ1n) is 3.84. The lowest BCUT2D eigenvalue weighted by molar-refractivity contribution is 0.460. The van der Waals surface area contributed by atoms with E-state index in [-0.39, 0.29) is 0 Å². The summed E-state index contributed by atoms with van der Waals surface area (Å²) in [5.41, 5.74) is 0. The van der Waals surface area contributed by atoms with Gasteiger partial charge < -0.3 is 4.43 Å². The molecule has 0 saturated carbocycles. The van der Waals surface area contributed by atoms with E-state index in [1.807, 2.05) is 0 Å². The molecule has 6 heteroatoms. The number of hydrogen-bond donors (Lipinski definition) is 1. The average molecular weight is 229 g/mol. The Balaban J connectivity index is 0. The van der Waals surface area contributed by atoms with Crippen molar-refractivity contribution in [2.24, 2.45) is 0 Å². The van der Waals surface area contributed by atoms with E-state index >= 15 is 0 Å². The molecular formula is C4H20OSSi4. The number of hydrogen-bond acceptors (Lipinski definition) is 2. The standard InChI is InChI=1S/C3H14SSi3.CH6OSi/c4-2-1-3-6-7-5;1-2-3/h4H,1-3,6-7H2,5H3;1,3H3. The van der Waals surface area contributed by atoms with Gasteiger partial charge in [0.05, 0.1) is 0 Å². The molecule has 10 heavy (non-hydrogen) atoms. The summed E-state index contributed by atoms with van der Waals surface area (Å²) in [5, 5.41) is 0. The van der Waals surface area contributed by atoms with Crippen molar-refractivity contribution in [1.29, 1.82) is 0 Å². The predicted molar refractivity (Wildman–Crippen MR) is 67.3 cm³/mol. The van der Waals surface area contributed by atoms with Crippen molar-refractivity contribution in [2.45, 2.75) is 12.5 Å². The first kappa shape index (κ1) is 13.7. The first-order valence-corrected chi connectivity index (χ1v) is 15.9. The highest BCUT2D eigenvalue weighted by atomic mass is 32.1. The third-order valence-electron chi connectivity index (χ3n) is 1.01. The SMILES string of the molecule is CO[SiH3].[SiH3][SiH2][SiH2]CCCS. The van der Waals surface area contributed by atoms with Crippen molar-refractivity contribution in [3.63, 3.8) is 0 Å². The summed E-state index contributed by atoms with van der Waals surface area (Å²) in [6.45, 7) is 0. The highest BCUT2D eigenvalue weighted by Gasteiger charge is 1.82. The molecule has 0 heterocycles. The van der Waals surface area contributed by atoms with E-state index in [1.165, 1.54) is 6.42 Å². The van der Waals surface area contributed by atoms with Gasteiger partial charge in [-0.2, -0.15) is 12.6 Å². The Morgan fingerprint density at radius 2 is 2.10 bits per heavy atom. The Morgan fingerprint density at radius 3 is 2.40 bits per heavy atom. The van der Waals surface area contributed by atoms with Crippen LogP contribution in [0.15, 0.2) is 0 Å². The molecule has 0 radical (unpaired) electrons. The first-order chi connectivity index (χ1) is 4.83. The van der Waals surface area contributed by atoms with Crippen molar-refractivity contribution in [1.82, 2.24) is 0 Å². The van der Waals surface area contributed by atoms with E-state index in [0.717, 1.165) is 16.2 Å². The van der Waals surface area contributed by atoms with Crippen LogP contribution in [-0.4, -0.2) is 50.7 Å². The van der Waals surface area contributed by atoms with Crippen molar-refractivity contribution in [3.05, 3.63) is 0 Å². The molecule has 0 unspecified atom stereocenters. The van der Waals surface area contributed by atoms with Crippen LogP contribution >= 0.6 is 12.6 Å². The van der Waals surface area contributed by atoms with Gasteiger partial charge in [-0.05, 0) is 30.5 Å². The van der Waals surface area contributed by atoms with Crippen LogP contribution in [0, 0.1) is 0 Å². The molecule has 0 amide bonds. The third kappa shape index (κ3) is 22.9. The van der Waals surface area contributed by atoms with Gasteiger partial charge in [0.25, 0.3) is 0 Å². The second kappa shape index (κ2) is 16.6. The summed E-state index contributed by atoms with van der Waals surface area (Å²) in [6.07, 6.45) is 1.41. The van der Waals surface area contributed by atoms with Crippen LogP contribution in [0.2, 0.25) is 6.04 Å². The van der Waals surface area contributed by atoms with Crippen molar-refractivity contribution < 1.29 is 4.43 Å². The van der Waals surface area contributed by atoms with Gasteiger partial charge in [0.1, 0.15) is 10.5 Å². The summed E-state index contributed by atoms with van der Waals surface area (Å²) in [6, 6.07) is 1.60. The fourth-order valence-electron chi connectivity index (χ4n) is 0.539. The van der Waals surface area contributed by atoms with Crippen LogP contribution in [0.4, 0.5) is 0 Å². The van der Waals surface area contributed by atoms with Crippen LogP contribution in [0.1, 0.15) is 6.42 Å². The molecule has 0 aliphatic heterocycles. The lowest BCUT2D eigenvalue weighted by atomic mass is 10.6. The summed E-state index contributed by atoms with van der Waals surface area (Å²) < 4.78 is 4.39. The molecule has 0 aliphatic rings. The minimum atomic E-state index is 0.562. The van der Waals surface area contributed by atoms with Gasteiger partial charge in [-0.1, -0.05) is 6.04 Å². The maximum absolute atomic E-state index is 4.39. The minimum absolute atomic E-state index is 0.562. The van der Waals surface area contributed by atoms with Gasteiger partial charge >= 0.3 is 0 Å². The smallest absolute Gasteiger partial charge is 0.145 e. The normalized spacial score (nSPS) is 11.4. The van der Waals surface area contributed by atoms with E-state index in [9.17, 15) is 0 Å². The average Bonchev–Trinajstić information content (AvgIpc) is 1.91. The molecule has 0 rings (SSSR count). The Bertz CT molecular complexity index is 44.2. The molecule has 0 bridgehead atoms. The van der Waals surface area contributed by atoms with Crippen LogP contribution in [-0.2, 0) is 4.43 Å². The molecule has 0 aromatic rings. The predicted octanol–water partition coefficient (Wildman–Crippen LogP) is -2.83. The molecule has 64 valence electrons. The second-order valence-corrected chi connectivity index (χ2v) is 20.0. The van der Waals surface area contributed by atoms with Gasteiger partial charge in [0, 0.05) is 16.1 Å². The van der Waals surface area contributed by atoms with Crippen LogP contribution in [0.25, 0.3) is 0 Å². The summed E-state index contributed by atoms with van der Waals surface area (Å²) in [7, 11) is 5.34. The van der Waals surface area contributed by atoms with Gasteiger partial charge in [-0.25, -0.2) is 0 Å². The zero-order chi connectivity index (χ0) is 8.24. The fourth-order valence-corrected chi connectivity index (χ4v) is 9.35. The van der Waals surface area contributed by atoms with Crippen molar-refractivity contribution >= 4 is 50.5 Å². The van der Waals surface area contributed by atoms with Crippen molar-refractivity contribution in [3.8, 4) is 0 Å². The summed E-state index contributed by atoms with van der Waals surface area (Å²) >= 11 is 4.14. The molecule has 1 nitrogen and oxygen atoms in total. The summed E-state index contributed by atoms with van der Waals surface area (Å²) in [5.74, 6) is 1.13. The number of rotatable bonds is 4. The summed E-state index contributed by atoms with van der Waals surface area (Å²) in [4.78, 5) is 0. The fraction of sp³-hybridized carbons (Fsp3) is 1.00. The zero-order valence-electron chi connectivity index (χ0n) is 7.39. The zero-order valence-corrected chi connectivity index (χ0v) is 15.1. The van der Waals surface area contributed by atoms with Crippen LogP contribution in [0.3, 0.4) is 0 Å². The molecule has 0 N–H and O–H groups in total. The third-order valence-corrected chi connectivity index (χ3v) is 13.0. The Kier molecular flexibility index (Phi) is 22.9. The largest absolute Gasteiger partial charge is 0.431 e. The maximum atomic E-state index is 4.39. The molecule has 0 fully saturated rings. The van der Waals surface area contributed by atoms with Gasteiger partial charge in [-0.3, -0.25) is 0 Å². The van der Waals surface area contributed by atoms with E-state index in [4.69, 9.17) is 0 Å². The van der Waals surface area contributed by atoms with E-state index in [2.05, 4.69) is 17.1 Å². The van der Waals surface area contributed by atoms with Crippen LogP contribution < -0.4 is 0 Å². The topological polar surface area (TPSA) is 9.23 Å². The molecule has 0 spiro atoms. The highest BCUT2D eigenvalue weighted by Crippen LogP contribution is 1.88. The molecule has 0 aliphatic carbocycles. The van der Waals surface area contributed by atoms with Gasteiger partial charge in [-0.15, -0.1) is 0 Å². The highest BCUT2D eigenvalue weighted by molar-refractivity contribution is 7.80. The lowest BCUT2D eigenvalue weighted by Crippen LogP contribution is -2.01. The lowest BCUT2D eigenvalue weighted by Gasteiger charge is -1.88. The molecule has 0 saturated heterocycles. The van der Waals surface area contributed by atoms with Gasteiger partial charge in [0.2, 0.25) is 0 Å². The Hall–Kier alpha value is 1.18. The molecular weight excluding hydrogens is 208 g/mol. The van der Waals surface area contributed by atoms with Crippen molar-refractivity contribution in [2.75, 3.05) is 12.9 Å². The monoisotopic (exact) mass is 228 g/mol. The molecule has 0 aromatic heterocycles. The second-order valence-electron chi connectivity index (χ2n) is 2.19. The van der Waals surface area contributed by atoms with E-state index < -0.39 is 0 Å². The maximum Gasteiger partial charge on any atom is 0.145 e. The Morgan fingerprint density at radius 1 is 1.60 bits per heavy atom.